The Bertz CT molecular complexity index is 2360. The molecule has 0 spiro atoms. The summed E-state index contributed by atoms with van der Waals surface area (Å²) in [5.41, 5.74) is -0.835. The first-order chi connectivity index (χ1) is 20.7. The molecule has 238 valence electrons. The quantitative estimate of drug-likeness (QED) is 0.0927. The number of carbonyl (C=O) groups is 1. The molecule has 0 aliphatic rings. The van der Waals surface area contributed by atoms with Crippen LogP contribution in [0.4, 0.5) is 22.7 Å². The second kappa shape index (κ2) is 13.4. The Kier molecular flexibility index (Phi) is 10.8. The van der Waals surface area contributed by atoms with Crippen LogP contribution < -0.4 is 39.6 Å². The fourth-order valence-electron chi connectivity index (χ4n) is 4.11. The van der Waals surface area contributed by atoms with Gasteiger partial charge in [-0.15, -0.1) is 10.2 Å². The van der Waals surface area contributed by atoms with Crippen LogP contribution in [0.15, 0.2) is 96.5 Å². The number of hydrogen-bond donors (Lipinski definition) is 3. The number of fused-ring (bicyclic) bond motifs is 1. The van der Waals surface area contributed by atoms with Crippen molar-refractivity contribution in [3.8, 4) is 5.75 Å². The number of rotatable bonds is 9. The second-order valence-corrected chi connectivity index (χ2v) is 16.7. The Labute approximate surface area is 286 Å². The smallest absolute Gasteiger partial charge is 0.744 e. The minimum absolute atomic E-state index is 0. The number of carbonyl (C=O) groups excluding carboxylic acids is 1. The molecule has 46 heavy (non-hydrogen) atoms. The van der Waals surface area contributed by atoms with Gasteiger partial charge in [-0.05, 0) is 48.5 Å². The predicted octanol–water partition coefficient (Wildman–Crippen LogP) is 0.435. The summed E-state index contributed by atoms with van der Waals surface area (Å²) in [7, 11) is -17.4. The Balaban J connectivity index is 0.00000576. The third-order valence-electron chi connectivity index (χ3n) is 6.10. The first-order valence-corrected chi connectivity index (χ1v) is 19.0. The minimum Gasteiger partial charge on any atom is -0.744 e. The summed E-state index contributed by atoms with van der Waals surface area (Å²) in [6.07, 6.45) is 1.72. The number of amides is 1. The molecule has 0 fully saturated rings. The normalized spacial score (nSPS) is 12.5. The average molecular weight is 719 g/mol. The number of phenolic OH excluding ortho intramolecular Hbond substituents is 1. The van der Waals surface area contributed by atoms with Crippen LogP contribution in [0.5, 0.6) is 5.75 Å². The Morgan fingerprint density at radius 3 is 1.93 bits per heavy atom. The average Bonchev–Trinajstić information content (AvgIpc) is 2.92. The number of nitrogens with zero attached hydrogens (tertiary/aromatic N) is 2. The van der Waals surface area contributed by atoms with Crippen molar-refractivity contribution in [3.63, 3.8) is 0 Å². The fraction of sp³-hybridized carbons (Fsp3) is 0.115. The van der Waals surface area contributed by atoms with Gasteiger partial charge in [-0.3, -0.25) is 9.52 Å². The van der Waals surface area contributed by atoms with E-state index in [1.165, 1.54) is 18.2 Å². The zero-order valence-corrected chi connectivity index (χ0v) is 29.7. The number of phenols is 1. The van der Waals surface area contributed by atoms with Gasteiger partial charge in [0.15, 0.2) is 19.7 Å². The van der Waals surface area contributed by atoms with E-state index in [-0.39, 0.29) is 68.0 Å². The molecule has 15 nitrogen and oxygen atoms in total. The first-order valence-electron chi connectivity index (χ1n) is 12.3. The van der Waals surface area contributed by atoms with Crippen LogP contribution in [0, 0.1) is 0 Å². The topological polar surface area (TPSA) is 246 Å². The molecule has 1 amide bonds. The Hall–Kier alpha value is -3.43. The van der Waals surface area contributed by atoms with Crippen LogP contribution in [-0.2, 0) is 44.6 Å². The molecule has 0 heterocycles. The van der Waals surface area contributed by atoms with Crippen LogP contribution in [-0.4, -0.2) is 61.7 Å². The van der Waals surface area contributed by atoms with E-state index in [4.69, 9.17) is 0 Å². The van der Waals surface area contributed by atoms with Crippen molar-refractivity contribution >= 4 is 79.2 Å². The standard InChI is InChI=1S/C26H24N4O11S4.Na/c1-15(31)27-23-14-22(29-28-20-11-10-16(42(2,33)34)13-24(20)43(3,35)36)25-19(26(23)32)8-5-9-21(25)30-44(37,38)17-6-4-7-18(12-17)45(39,40)41;/h4-14,30,32H,1-3H3,(H,27,31)(H,39,40,41);/q;+1/p-1. The maximum Gasteiger partial charge on any atom is 1.00 e. The monoisotopic (exact) mass is 718 g/mol. The van der Waals surface area contributed by atoms with E-state index in [0.29, 0.717) is 6.07 Å². The summed E-state index contributed by atoms with van der Waals surface area (Å²) in [4.78, 5) is 9.67. The molecule has 0 unspecified atom stereocenters. The van der Waals surface area contributed by atoms with Gasteiger partial charge in [0, 0.05) is 30.2 Å². The molecule has 3 N–H and O–H groups in total. The summed E-state index contributed by atoms with van der Waals surface area (Å²) in [6, 6.07) is 11.9. The molecular formula is C26H23N4NaO11S4. The number of nitrogens with one attached hydrogen (secondary N) is 2. The number of anilines is 2. The Morgan fingerprint density at radius 1 is 0.739 bits per heavy atom. The van der Waals surface area contributed by atoms with E-state index in [0.717, 1.165) is 61.9 Å². The number of azo groups is 1. The van der Waals surface area contributed by atoms with Gasteiger partial charge in [-0.25, -0.2) is 33.7 Å². The summed E-state index contributed by atoms with van der Waals surface area (Å²) < 4.78 is 112. The van der Waals surface area contributed by atoms with Crippen LogP contribution in [0.25, 0.3) is 10.8 Å². The van der Waals surface area contributed by atoms with Crippen molar-refractivity contribution in [2.45, 2.75) is 26.5 Å². The van der Waals surface area contributed by atoms with E-state index in [9.17, 15) is 48.1 Å². The SMILES string of the molecule is CC(=O)Nc1cc(N=Nc2ccc(S(C)(=O)=O)cc2S(C)(=O)=O)c2c(NS(=O)(=O)c3cccc(S(=O)(=O)[O-])c3)cccc2c1O.[Na+]. The van der Waals surface area contributed by atoms with E-state index in [2.05, 4.69) is 20.3 Å². The zero-order valence-electron chi connectivity index (χ0n) is 24.4. The largest absolute Gasteiger partial charge is 1.00 e. The fourth-order valence-corrected chi connectivity index (χ4v) is 7.37. The summed E-state index contributed by atoms with van der Waals surface area (Å²) in [5, 5.41) is 21.3. The molecule has 0 aliphatic carbocycles. The van der Waals surface area contributed by atoms with Crippen molar-refractivity contribution in [1.29, 1.82) is 0 Å². The molecule has 4 aromatic rings. The molecule has 0 bridgehead atoms. The zero-order chi connectivity index (χ0) is 33.5. The van der Waals surface area contributed by atoms with Gasteiger partial charge in [0.2, 0.25) is 5.91 Å². The third kappa shape index (κ3) is 8.28. The molecule has 4 rings (SSSR count). The van der Waals surface area contributed by atoms with Crippen LogP contribution in [0.2, 0.25) is 0 Å². The van der Waals surface area contributed by atoms with Crippen molar-refractivity contribution in [3.05, 3.63) is 66.7 Å². The number of sulfonamides is 1. The number of aromatic hydroxyl groups is 1. The summed E-state index contributed by atoms with van der Waals surface area (Å²) in [5.74, 6) is -1.08. The number of sulfone groups is 2. The molecule has 0 aromatic heterocycles. The predicted molar refractivity (Wildman–Crippen MR) is 162 cm³/mol. The van der Waals surface area contributed by atoms with E-state index < -0.39 is 66.2 Å². The molecule has 0 radical (unpaired) electrons. The summed E-state index contributed by atoms with van der Waals surface area (Å²) >= 11 is 0. The summed E-state index contributed by atoms with van der Waals surface area (Å²) in [6.45, 7) is 1.16. The van der Waals surface area contributed by atoms with Crippen molar-refractivity contribution in [2.24, 2.45) is 10.2 Å². The Morgan fingerprint density at radius 2 is 1.35 bits per heavy atom. The van der Waals surface area contributed by atoms with Gasteiger partial charge in [0.25, 0.3) is 10.0 Å². The van der Waals surface area contributed by atoms with Crippen LogP contribution in [0.3, 0.4) is 0 Å². The van der Waals surface area contributed by atoms with E-state index >= 15 is 0 Å². The van der Waals surface area contributed by atoms with Gasteiger partial charge < -0.3 is 15.0 Å². The van der Waals surface area contributed by atoms with Gasteiger partial charge in [-0.2, -0.15) is 0 Å². The van der Waals surface area contributed by atoms with Gasteiger partial charge in [-0.1, -0.05) is 18.2 Å². The molecule has 0 atom stereocenters. The second-order valence-electron chi connectivity index (χ2n) is 9.61. The van der Waals surface area contributed by atoms with Crippen molar-refractivity contribution in [2.75, 3.05) is 22.6 Å². The van der Waals surface area contributed by atoms with Gasteiger partial charge in [0.1, 0.15) is 21.6 Å². The maximum absolute atomic E-state index is 13.3. The molecule has 4 aromatic carbocycles. The first kappa shape index (κ1) is 37.0. The third-order valence-corrected chi connectivity index (χ3v) is 10.5. The molecule has 0 aliphatic heterocycles. The van der Waals surface area contributed by atoms with E-state index in [1.54, 1.807) is 0 Å². The number of hydrogen-bond acceptors (Lipinski definition) is 13. The molecular weight excluding hydrogens is 696 g/mol. The van der Waals surface area contributed by atoms with Crippen LogP contribution >= 0.6 is 0 Å². The molecule has 0 saturated heterocycles. The maximum atomic E-state index is 13.3. The van der Waals surface area contributed by atoms with Gasteiger partial charge in [0.05, 0.1) is 36.6 Å². The van der Waals surface area contributed by atoms with Crippen LogP contribution in [0.1, 0.15) is 6.92 Å². The molecule has 0 saturated carbocycles. The van der Waals surface area contributed by atoms with Crippen molar-refractivity contribution < 1.29 is 77.7 Å². The minimum atomic E-state index is -4.99. The molecule has 20 heteroatoms. The van der Waals surface area contributed by atoms with E-state index in [1.807, 2.05) is 0 Å². The van der Waals surface area contributed by atoms with Crippen molar-refractivity contribution in [1.82, 2.24) is 0 Å². The number of benzene rings is 4. The van der Waals surface area contributed by atoms with Gasteiger partial charge >= 0.3 is 29.6 Å².